The Morgan fingerprint density at radius 1 is 0.786 bits per heavy atom. The number of nitrogens with zero attached hydrogens (tertiary/aromatic N) is 1. The van der Waals surface area contributed by atoms with Crippen molar-refractivity contribution in [3.8, 4) is 0 Å². The Morgan fingerprint density at radius 2 is 1.43 bits per heavy atom. The molecule has 0 amide bonds. The normalized spacial score (nSPS) is 12.5. The zero-order chi connectivity index (χ0) is 19.6. The molecule has 0 aromatic heterocycles. The van der Waals surface area contributed by atoms with Gasteiger partial charge in [-0.1, -0.05) is 88.6 Å². The van der Waals surface area contributed by atoms with Gasteiger partial charge in [0.25, 0.3) is 0 Å². The van der Waals surface area contributed by atoms with Gasteiger partial charge in [0, 0.05) is 21.9 Å². The highest BCUT2D eigenvalue weighted by molar-refractivity contribution is 7.99. The van der Waals surface area contributed by atoms with E-state index in [9.17, 15) is 4.79 Å². The molecule has 0 spiro atoms. The van der Waals surface area contributed by atoms with Crippen LogP contribution in [0.2, 0.25) is 0 Å². The van der Waals surface area contributed by atoms with Gasteiger partial charge in [0.2, 0.25) is 0 Å². The van der Waals surface area contributed by atoms with Crippen molar-refractivity contribution in [3.05, 3.63) is 48.0 Å². The van der Waals surface area contributed by atoms with Gasteiger partial charge in [0.05, 0.1) is 11.4 Å². The topological polar surface area (TPSA) is 20.3 Å². The lowest BCUT2D eigenvalue weighted by Crippen LogP contribution is -2.22. The van der Waals surface area contributed by atoms with Crippen molar-refractivity contribution in [1.29, 1.82) is 0 Å². The Hall–Kier alpha value is -1.74. The number of unbranched alkanes of at least 4 members (excludes halogenated alkanes) is 9. The smallest absolute Gasteiger partial charge is 0.150 e. The minimum Gasteiger partial charge on any atom is -0.340 e. The lowest BCUT2D eigenvalue weighted by Gasteiger charge is -2.33. The van der Waals surface area contributed by atoms with Gasteiger partial charge in [0.15, 0.2) is 0 Å². The number of aldehydes is 1. The first kappa shape index (κ1) is 21.0. The quantitative estimate of drug-likeness (QED) is 0.268. The van der Waals surface area contributed by atoms with Crippen LogP contribution in [-0.2, 0) is 0 Å². The first-order valence-electron chi connectivity index (χ1n) is 11.0. The fourth-order valence-corrected chi connectivity index (χ4v) is 5.07. The molecule has 0 N–H and O–H groups in total. The summed E-state index contributed by atoms with van der Waals surface area (Å²) < 4.78 is 0. The molecular weight excluding hydrogens is 362 g/mol. The molecule has 0 saturated heterocycles. The van der Waals surface area contributed by atoms with Gasteiger partial charge in [-0.2, -0.15) is 0 Å². The van der Waals surface area contributed by atoms with Crippen LogP contribution in [0.25, 0.3) is 0 Å². The van der Waals surface area contributed by atoms with Crippen LogP contribution in [0.4, 0.5) is 11.4 Å². The maximum absolute atomic E-state index is 11.2. The van der Waals surface area contributed by atoms with Crippen molar-refractivity contribution in [2.24, 2.45) is 0 Å². The number of carbonyl (C=O) groups excluding carboxylic acids is 1. The molecule has 0 saturated carbocycles. The van der Waals surface area contributed by atoms with Gasteiger partial charge in [0.1, 0.15) is 6.29 Å². The van der Waals surface area contributed by atoms with Crippen molar-refractivity contribution in [1.82, 2.24) is 0 Å². The zero-order valence-electron chi connectivity index (χ0n) is 17.2. The molecule has 28 heavy (non-hydrogen) atoms. The molecule has 150 valence electrons. The fourth-order valence-electron chi connectivity index (χ4n) is 3.92. The average molecular weight is 396 g/mol. The summed E-state index contributed by atoms with van der Waals surface area (Å²) in [5, 5.41) is 0. The summed E-state index contributed by atoms with van der Waals surface area (Å²) in [7, 11) is 0. The van der Waals surface area contributed by atoms with Gasteiger partial charge in [-0.3, -0.25) is 4.79 Å². The molecular formula is C25H33NOS. The monoisotopic (exact) mass is 395 g/mol. The first-order chi connectivity index (χ1) is 13.8. The van der Waals surface area contributed by atoms with Gasteiger partial charge < -0.3 is 4.90 Å². The number of fused-ring (bicyclic) bond motifs is 2. The Balaban J connectivity index is 1.51. The highest BCUT2D eigenvalue weighted by Crippen LogP contribution is 2.48. The van der Waals surface area contributed by atoms with Gasteiger partial charge in [-0.05, 0) is 36.8 Å². The second kappa shape index (κ2) is 11.3. The third-order valence-electron chi connectivity index (χ3n) is 5.52. The van der Waals surface area contributed by atoms with E-state index in [1.54, 1.807) is 11.8 Å². The Bertz CT molecular complexity index is 758. The minimum absolute atomic E-state index is 0.754. The highest BCUT2D eigenvalue weighted by atomic mass is 32.2. The largest absolute Gasteiger partial charge is 0.340 e. The van der Waals surface area contributed by atoms with E-state index < -0.39 is 0 Å². The van der Waals surface area contributed by atoms with Gasteiger partial charge in [-0.15, -0.1) is 0 Å². The van der Waals surface area contributed by atoms with Gasteiger partial charge >= 0.3 is 0 Å². The second-order valence-corrected chi connectivity index (χ2v) is 8.83. The van der Waals surface area contributed by atoms with E-state index in [1.807, 2.05) is 12.1 Å². The maximum Gasteiger partial charge on any atom is 0.150 e. The summed E-state index contributed by atoms with van der Waals surface area (Å²) in [6.45, 7) is 3.32. The third-order valence-corrected chi connectivity index (χ3v) is 6.63. The van der Waals surface area contributed by atoms with Crippen LogP contribution >= 0.6 is 11.8 Å². The molecule has 0 unspecified atom stereocenters. The van der Waals surface area contributed by atoms with E-state index in [1.165, 1.54) is 85.4 Å². The number of para-hydroxylation sites is 1. The van der Waals surface area contributed by atoms with E-state index in [0.717, 1.165) is 18.4 Å². The minimum atomic E-state index is 0.754. The molecule has 2 nitrogen and oxygen atoms in total. The Kier molecular flexibility index (Phi) is 8.47. The summed E-state index contributed by atoms with van der Waals surface area (Å²) in [5.41, 5.74) is 3.30. The molecule has 2 aromatic rings. The number of benzene rings is 2. The third kappa shape index (κ3) is 5.64. The molecule has 3 rings (SSSR count). The molecule has 2 aromatic carbocycles. The average Bonchev–Trinajstić information content (AvgIpc) is 2.73. The van der Waals surface area contributed by atoms with Crippen LogP contribution in [0.5, 0.6) is 0 Å². The molecule has 0 fully saturated rings. The number of hydrogen-bond acceptors (Lipinski definition) is 3. The van der Waals surface area contributed by atoms with E-state index in [-0.39, 0.29) is 0 Å². The van der Waals surface area contributed by atoms with Crippen LogP contribution in [0.1, 0.15) is 81.5 Å². The maximum atomic E-state index is 11.2. The van der Waals surface area contributed by atoms with E-state index in [2.05, 4.69) is 42.2 Å². The summed E-state index contributed by atoms with van der Waals surface area (Å²) in [6.07, 6.45) is 14.5. The molecule has 0 radical (unpaired) electrons. The molecule has 0 aliphatic carbocycles. The Morgan fingerprint density at radius 3 is 2.14 bits per heavy atom. The molecule has 3 heteroatoms. The van der Waals surface area contributed by atoms with Crippen molar-refractivity contribution >= 4 is 29.4 Å². The second-order valence-electron chi connectivity index (χ2n) is 7.75. The van der Waals surface area contributed by atoms with Crippen LogP contribution in [0.3, 0.4) is 0 Å². The summed E-state index contributed by atoms with van der Waals surface area (Å²) in [6, 6.07) is 14.7. The molecule has 1 heterocycles. The van der Waals surface area contributed by atoms with Crippen LogP contribution in [-0.4, -0.2) is 12.8 Å². The highest BCUT2D eigenvalue weighted by Gasteiger charge is 2.22. The van der Waals surface area contributed by atoms with E-state index in [0.29, 0.717) is 0 Å². The number of rotatable bonds is 12. The number of anilines is 2. The first-order valence-corrected chi connectivity index (χ1v) is 11.8. The fraction of sp³-hybridized carbons (Fsp3) is 0.480. The predicted octanol–water partition coefficient (Wildman–Crippen LogP) is 8.02. The molecule has 1 aliphatic heterocycles. The lowest BCUT2D eigenvalue weighted by molar-refractivity contribution is 0.112. The van der Waals surface area contributed by atoms with Crippen molar-refractivity contribution in [2.45, 2.75) is 80.9 Å². The number of carbonyl (C=O) groups is 1. The summed E-state index contributed by atoms with van der Waals surface area (Å²) in [4.78, 5) is 16.1. The standard InChI is InChI=1S/C25H33NOS/c1-2-3-4-5-6-7-8-9-10-13-18-26-22-14-11-12-15-24(22)28-25-19-21(20-27)16-17-23(25)26/h11-12,14-17,19-20H,2-10,13,18H2,1H3. The van der Waals surface area contributed by atoms with Crippen molar-refractivity contribution in [3.63, 3.8) is 0 Å². The summed E-state index contributed by atoms with van der Waals surface area (Å²) in [5.74, 6) is 0. The van der Waals surface area contributed by atoms with Crippen molar-refractivity contribution < 1.29 is 4.79 Å². The predicted molar refractivity (Wildman–Crippen MR) is 121 cm³/mol. The van der Waals surface area contributed by atoms with Crippen LogP contribution in [0.15, 0.2) is 52.3 Å². The molecule has 0 bridgehead atoms. The summed E-state index contributed by atoms with van der Waals surface area (Å²) >= 11 is 1.77. The Labute approximate surface area is 174 Å². The van der Waals surface area contributed by atoms with E-state index in [4.69, 9.17) is 0 Å². The molecule has 0 atom stereocenters. The molecule has 1 aliphatic rings. The van der Waals surface area contributed by atoms with Crippen LogP contribution < -0.4 is 4.90 Å². The zero-order valence-corrected chi connectivity index (χ0v) is 18.0. The van der Waals surface area contributed by atoms with Crippen molar-refractivity contribution in [2.75, 3.05) is 11.4 Å². The lowest BCUT2D eigenvalue weighted by atomic mass is 10.1. The van der Waals surface area contributed by atoms with E-state index >= 15 is 0 Å². The number of hydrogen-bond donors (Lipinski definition) is 0. The SMILES string of the molecule is CCCCCCCCCCCCN1c2ccccc2Sc2cc(C=O)ccc21. The van der Waals surface area contributed by atoms with Crippen LogP contribution in [0, 0.1) is 0 Å². The van der Waals surface area contributed by atoms with Gasteiger partial charge in [-0.25, -0.2) is 0 Å².